The number of aromatic nitrogens is 4. The van der Waals surface area contributed by atoms with Crippen molar-refractivity contribution in [3.05, 3.63) is 68.6 Å². The zero-order chi connectivity index (χ0) is 26.3. The molecular weight excluding hydrogens is 515 g/mol. The molecule has 0 radical (unpaired) electrons. The van der Waals surface area contributed by atoms with E-state index in [9.17, 15) is 23.1 Å². The summed E-state index contributed by atoms with van der Waals surface area (Å²) in [6.07, 6.45) is -1.25. The molecule has 198 valence electrons. The van der Waals surface area contributed by atoms with Crippen LogP contribution in [0.1, 0.15) is 54.2 Å². The van der Waals surface area contributed by atoms with Crippen molar-refractivity contribution in [3.8, 4) is 5.75 Å². The van der Waals surface area contributed by atoms with Crippen LogP contribution < -0.4 is 15.2 Å². The number of hydrogen-bond acceptors (Lipinski definition) is 7. The first kappa shape index (κ1) is 25.6. The van der Waals surface area contributed by atoms with E-state index < -0.39 is 29.6 Å². The Labute approximate surface area is 215 Å². The summed E-state index contributed by atoms with van der Waals surface area (Å²) in [5, 5.41) is 15.3. The number of methoxy groups -OCH3 is 1. The highest BCUT2D eigenvalue weighted by molar-refractivity contribution is 6.33. The lowest BCUT2D eigenvalue weighted by Gasteiger charge is -2.32. The van der Waals surface area contributed by atoms with Crippen molar-refractivity contribution in [2.24, 2.45) is 0 Å². The predicted molar refractivity (Wildman–Crippen MR) is 128 cm³/mol. The van der Waals surface area contributed by atoms with Crippen molar-refractivity contribution < 1.29 is 27.8 Å². The fourth-order valence-corrected chi connectivity index (χ4v) is 5.05. The molecule has 2 aliphatic rings. The molecule has 37 heavy (non-hydrogen) atoms. The molecule has 0 aliphatic carbocycles. The molecule has 1 saturated heterocycles. The van der Waals surface area contributed by atoms with Crippen LogP contribution in [0.15, 0.2) is 35.4 Å². The Morgan fingerprint density at radius 2 is 2.05 bits per heavy atom. The molecule has 1 aromatic carbocycles. The number of benzene rings is 1. The number of aliphatic hydroxyl groups is 1. The van der Waals surface area contributed by atoms with E-state index in [0.717, 1.165) is 18.9 Å². The standard InChI is InChI=1S/C24H25ClF3N5O4/c1-36-14-5-6-15(16(10-14)24(26,27)28)22(34)18-11-29-19-13-31(7-8-32(18)19)17-12-30-33(23(35)21(17)25)20-4-2-3-9-37-20/h5-6,10-12,20,22,34H,2-4,7-9,13H2,1H3. The number of alkyl halides is 3. The van der Waals surface area contributed by atoms with Crippen molar-refractivity contribution in [2.45, 2.75) is 50.9 Å². The Hall–Kier alpha value is -3.09. The molecule has 0 saturated carbocycles. The summed E-state index contributed by atoms with van der Waals surface area (Å²) in [6.45, 7) is 1.47. The predicted octanol–water partition coefficient (Wildman–Crippen LogP) is 3.92. The third-order valence-corrected chi connectivity index (χ3v) is 7.09. The molecule has 3 aromatic rings. The van der Waals surface area contributed by atoms with Crippen LogP contribution in [0.25, 0.3) is 0 Å². The lowest BCUT2D eigenvalue weighted by molar-refractivity contribution is -0.139. The van der Waals surface area contributed by atoms with Crippen LogP contribution >= 0.6 is 11.6 Å². The average molecular weight is 540 g/mol. The summed E-state index contributed by atoms with van der Waals surface area (Å²) in [6, 6.07) is 3.44. The van der Waals surface area contributed by atoms with Crippen LogP contribution in [0, 0.1) is 0 Å². The highest BCUT2D eigenvalue weighted by atomic mass is 35.5. The highest BCUT2D eigenvalue weighted by Crippen LogP contribution is 2.39. The van der Waals surface area contributed by atoms with E-state index in [0.29, 0.717) is 37.6 Å². The minimum atomic E-state index is -4.68. The summed E-state index contributed by atoms with van der Waals surface area (Å²) in [5.41, 5.74) is -1.05. The maximum absolute atomic E-state index is 13.7. The van der Waals surface area contributed by atoms with Crippen LogP contribution in [0.5, 0.6) is 5.75 Å². The Morgan fingerprint density at radius 3 is 2.76 bits per heavy atom. The largest absolute Gasteiger partial charge is 0.497 e. The van der Waals surface area contributed by atoms with E-state index in [1.54, 1.807) is 4.57 Å². The van der Waals surface area contributed by atoms with Crippen molar-refractivity contribution in [2.75, 3.05) is 25.2 Å². The molecule has 0 amide bonds. The molecule has 1 fully saturated rings. The Morgan fingerprint density at radius 1 is 1.24 bits per heavy atom. The van der Waals surface area contributed by atoms with E-state index in [-0.39, 0.29) is 28.6 Å². The van der Waals surface area contributed by atoms with Gasteiger partial charge in [0.2, 0.25) is 0 Å². The van der Waals surface area contributed by atoms with Gasteiger partial charge in [-0.25, -0.2) is 4.98 Å². The fourth-order valence-electron chi connectivity index (χ4n) is 4.79. The number of aliphatic hydroxyl groups excluding tert-OH is 1. The van der Waals surface area contributed by atoms with Crippen LogP contribution in [-0.2, 0) is 24.0 Å². The Bertz CT molecular complexity index is 1350. The molecule has 1 N–H and O–H groups in total. The van der Waals surface area contributed by atoms with Crippen LogP contribution in [-0.4, -0.2) is 44.7 Å². The molecule has 2 unspecified atom stereocenters. The molecule has 0 bridgehead atoms. The summed E-state index contributed by atoms with van der Waals surface area (Å²) in [5.74, 6) is 0.551. The molecule has 4 heterocycles. The van der Waals surface area contributed by atoms with Gasteiger partial charge in [-0.05, 0) is 37.0 Å². The Balaban J connectivity index is 1.41. The van der Waals surface area contributed by atoms with Crippen molar-refractivity contribution >= 4 is 17.3 Å². The minimum Gasteiger partial charge on any atom is -0.497 e. The van der Waals surface area contributed by atoms with Gasteiger partial charge in [-0.2, -0.15) is 23.0 Å². The number of anilines is 1. The molecule has 2 atom stereocenters. The smallest absolute Gasteiger partial charge is 0.416 e. The zero-order valence-electron chi connectivity index (χ0n) is 19.9. The highest BCUT2D eigenvalue weighted by Gasteiger charge is 2.37. The SMILES string of the molecule is COc1ccc(C(O)c2cnc3n2CCN(c2cnn(C4CCCCO4)c(=O)c2Cl)C3)c(C(F)(F)F)c1. The van der Waals surface area contributed by atoms with E-state index in [4.69, 9.17) is 21.1 Å². The topological polar surface area (TPSA) is 94.6 Å². The van der Waals surface area contributed by atoms with Gasteiger partial charge in [-0.15, -0.1) is 0 Å². The van der Waals surface area contributed by atoms with Crippen molar-refractivity contribution in [3.63, 3.8) is 0 Å². The van der Waals surface area contributed by atoms with Gasteiger partial charge < -0.3 is 24.0 Å². The first-order chi connectivity index (χ1) is 17.7. The number of ether oxygens (including phenoxy) is 2. The van der Waals surface area contributed by atoms with E-state index >= 15 is 0 Å². The van der Waals surface area contributed by atoms with Gasteiger partial charge in [-0.1, -0.05) is 17.7 Å². The molecule has 13 heteroatoms. The fraction of sp³-hybridized carbons (Fsp3) is 0.458. The van der Waals surface area contributed by atoms with Gasteiger partial charge in [0, 0.05) is 19.7 Å². The maximum Gasteiger partial charge on any atom is 0.416 e. The van der Waals surface area contributed by atoms with Gasteiger partial charge in [-0.3, -0.25) is 4.79 Å². The molecule has 0 spiro atoms. The monoisotopic (exact) mass is 539 g/mol. The number of rotatable bonds is 5. The number of halogens is 4. The lowest BCUT2D eigenvalue weighted by atomic mass is 9.99. The molecule has 5 rings (SSSR count). The second-order valence-electron chi connectivity index (χ2n) is 8.94. The second-order valence-corrected chi connectivity index (χ2v) is 9.32. The number of imidazole rings is 1. The van der Waals surface area contributed by atoms with Crippen molar-refractivity contribution in [1.29, 1.82) is 0 Å². The lowest BCUT2D eigenvalue weighted by Crippen LogP contribution is -2.37. The zero-order valence-corrected chi connectivity index (χ0v) is 20.7. The van der Waals surface area contributed by atoms with Gasteiger partial charge in [0.15, 0.2) is 6.23 Å². The normalized spacial score (nSPS) is 19.0. The summed E-state index contributed by atoms with van der Waals surface area (Å²) >= 11 is 6.44. The molecule has 9 nitrogen and oxygen atoms in total. The van der Waals surface area contributed by atoms with Crippen molar-refractivity contribution in [1.82, 2.24) is 19.3 Å². The summed E-state index contributed by atoms with van der Waals surface area (Å²) in [4.78, 5) is 19.1. The minimum absolute atomic E-state index is 0.0116. The summed E-state index contributed by atoms with van der Waals surface area (Å²) < 4.78 is 54.7. The van der Waals surface area contributed by atoms with Crippen LogP contribution in [0.3, 0.4) is 0 Å². The maximum atomic E-state index is 13.7. The molecule has 2 aliphatic heterocycles. The van der Waals surface area contributed by atoms with Gasteiger partial charge in [0.1, 0.15) is 22.7 Å². The third kappa shape index (κ3) is 4.80. The van der Waals surface area contributed by atoms with E-state index in [1.807, 2.05) is 4.90 Å². The number of fused-ring (bicyclic) bond motifs is 1. The van der Waals surface area contributed by atoms with Gasteiger partial charge >= 0.3 is 6.18 Å². The van der Waals surface area contributed by atoms with E-state index in [2.05, 4.69) is 10.1 Å². The average Bonchev–Trinajstić information content (AvgIpc) is 3.32. The first-order valence-electron chi connectivity index (χ1n) is 11.8. The van der Waals surface area contributed by atoms with Crippen LogP contribution in [0.2, 0.25) is 5.02 Å². The number of hydrogen-bond donors (Lipinski definition) is 1. The van der Waals surface area contributed by atoms with Gasteiger partial charge in [0.05, 0.1) is 43.0 Å². The van der Waals surface area contributed by atoms with Gasteiger partial charge in [0.25, 0.3) is 5.56 Å². The second kappa shape index (κ2) is 9.99. The quantitative estimate of drug-likeness (QED) is 0.525. The summed E-state index contributed by atoms with van der Waals surface area (Å²) in [7, 11) is 1.28. The van der Waals surface area contributed by atoms with E-state index in [1.165, 1.54) is 36.3 Å². The first-order valence-corrected chi connectivity index (χ1v) is 12.2. The molecule has 2 aromatic heterocycles. The molecular formula is C24H25ClF3N5O4. The third-order valence-electron chi connectivity index (χ3n) is 6.73. The van der Waals surface area contributed by atoms with Crippen LogP contribution in [0.4, 0.5) is 18.9 Å². The number of nitrogens with zero attached hydrogens (tertiary/aromatic N) is 5. The Kier molecular flexibility index (Phi) is 6.90.